The molecule has 3 aliphatic rings. The zero-order valence-electron chi connectivity index (χ0n) is 10.1. The summed E-state index contributed by atoms with van der Waals surface area (Å²) in [6.07, 6.45) is 3.28. The highest BCUT2D eigenvalue weighted by atomic mass is 19.1. The molecule has 1 fully saturated rings. The summed E-state index contributed by atoms with van der Waals surface area (Å²) in [5.41, 5.74) is 0.0359. The molecule has 0 aromatic heterocycles. The van der Waals surface area contributed by atoms with Gasteiger partial charge in [0.1, 0.15) is 11.9 Å². The minimum atomic E-state index is -0.277. The molecule has 16 heavy (non-hydrogen) atoms. The maximum Gasteiger partial charge on any atom is 0.293 e. The van der Waals surface area contributed by atoms with Crippen LogP contribution in [0.25, 0.3) is 0 Å². The number of fused-ring (bicyclic) bond motifs is 2. The van der Waals surface area contributed by atoms with E-state index in [-0.39, 0.29) is 35.1 Å². The first-order valence-electron chi connectivity index (χ1n) is 5.91. The lowest BCUT2D eigenvalue weighted by Gasteiger charge is -2.49. The van der Waals surface area contributed by atoms with Crippen LogP contribution >= 0.6 is 0 Å². The number of ether oxygens (including phenoxy) is 1. The van der Waals surface area contributed by atoms with Gasteiger partial charge < -0.3 is 4.74 Å². The Balaban J connectivity index is 2.33. The van der Waals surface area contributed by atoms with Crippen molar-refractivity contribution >= 4 is 6.47 Å². The second-order valence-corrected chi connectivity index (χ2v) is 5.99. The van der Waals surface area contributed by atoms with E-state index in [2.05, 4.69) is 20.8 Å². The van der Waals surface area contributed by atoms with Crippen LogP contribution in [0.2, 0.25) is 0 Å². The molecule has 0 N–H and O–H groups in total. The molecule has 0 heterocycles. The zero-order valence-corrected chi connectivity index (χ0v) is 10.1. The molecule has 90 valence electrons. The van der Waals surface area contributed by atoms with Crippen LogP contribution in [-0.4, -0.2) is 12.6 Å². The highest BCUT2D eigenvalue weighted by Gasteiger charge is 2.50. The molecule has 3 heteroatoms. The van der Waals surface area contributed by atoms with Crippen molar-refractivity contribution in [3.63, 3.8) is 0 Å². The first kappa shape index (κ1) is 11.6. The van der Waals surface area contributed by atoms with Crippen LogP contribution in [0.15, 0.2) is 11.9 Å². The lowest BCUT2D eigenvalue weighted by atomic mass is 9.58. The Labute approximate surface area is 95.9 Å². The second kappa shape index (κ2) is 3.86. The minimum Gasteiger partial charge on any atom is -0.464 e. The quantitative estimate of drug-likeness (QED) is 0.676. The Morgan fingerprint density at radius 2 is 2.12 bits per heavy atom. The maximum atomic E-state index is 13.7. The van der Waals surface area contributed by atoms with E-state index in [1.165, 1.54) is 0 Å². The van der Waals surface area contributed by atoms with E-state index < -0.39 is 0 Å². The summed E-state index contributed by atoms with van der Waals surface area (Å²) in [5.74, 6) is 0.161. The van der Waals surface area contributed by atoms with Crippen molar-refractivity contribution in [1.29, 1.82) is 0 Å². The van der Waals surface area contributed by atoms with E-state index in [9.17, 15) is 9.18 Å². The molecule has 4 unspecified atom stereocenters. The van der Waals surface area contributed by atoms with E-state index in [1.54, 1.807) is 6.08 Å². The number of halogens is 1. The van der Waals surface area contributed by atoms with Gasteiger partial charge in [-0.05, 0) is 30.3 Å². The molecule has 1 saturated carbocycles. The summed E-state index contributed by atoms with van der Waals surface area (Å²) in [7, 11) is 0. The zero-order chi connectivity index (χ0) is 11.9. The Kier molecular flexibility index (Phi) is 2.81. The third-order valence-electron chi connectivity index (χ3n) is 3.96. The largest absolute Gasteiger partial charge is 0.464 e. The molecule has 0 aliphatic heterocycles. The number of hydrogen-bond donors (Lipinski definition) is 0. The molecule has 0 aromatic carbocycles. The Morgan fingerprint density at radius 3 is 2.62 bits per heavy atom. The Morgan fingerprint density at radius 1 is 1.44 bits per heavy atom. The van der Waals surface area contributed by atoms with Crippen molar-refractivity contribution in [2.24, 2.45) is 23.2 Å². The average molecular weight is 226 g/mol. The fourth-order valence-corrected chi connectivity index (χ4v) is 3.40. The summed E-state index contributed by atoms with van der Waals surface area (Å²) in [5, 5.41) is 0. The molecule has 3 rings (SSSR count). The van der Waals surface area contributed by atoms with Crippen LogP contribution < -0.4 is 0 Å². The van der Waals surface area contributed by atoms with Gasteiger partial charge in [-0.2, -0.15) is 0 Å². The third kappa shape index (κ3) is 1.76. The molecule has 0 radical (unpaired) electrons. The topological polar surface area (TPSA) is 26.3 Å². The first-order chi connectivity index (χ1) is 7.45. The maximum absolute atomic E-state index is 13.7. The predicted octanol–water partition coefficient (Wildman–Crippen LogP) is 3.08. The van der Waals surface area contributed by atoms with E-state index in [0.717, 1.165) is 12.8 Å². The molecular formula is C13H19FO2. The summed E-state index contributed by atoms with van der Waals surface area (Å²) in [6.45, 7) is 6.86. The number of carbonyl (C=O) groups is 1. The van der Waals surface area contributed by atoms with E-state index in [1.807, 2.05) is 0 Å². The van der Waals surface area contributed by atoms with Gasteiger partial charge in [-0.1, -0.05) is 20.8 Å². The van der Waals surface area contributed by atoms with Gasteiger partial charge in [0.25, 0.3) is 6.47 Å². The van der Waals surface area contributed by atoms with Crippen molar-refractivity contribution in [1.82, 2.24) is 0 Å². The van der Waals surface area contributed by atoms with Crippen LogP contribution in [0.1, 0.15) is 33.6 Å². The van der Waals surface area contributed by atoms with Gasteiger partial charge in [0.05, 0.1) is 0 Å². The lowest BCUT2D eigenvalue weighted by molar-refractivity contribution is -0.149. The molecule has 3 aliphatic carbocycles. The minimum absolute atomic E-state index is 0.0359. The molecule has 4 atom stereocenters. The first-order valence-corrected chi connectivity index (χ1v) is 5.91. The SMILES string of the molecule is CC(C)(C)C1C2C=C(F)C(CC2)C1OC=O. The van der Waals surface area contributed by atoms with Crippen LogP contribution in [0.4, 0.5) is 4.39 Å². The molecule has 0 saturated heterocycles. The standard InChI is InChI=1S/C13H19FO2/c1-13(2,3)11-8-4-5-9(10(14)6-8)12(11)16-7-15/h6-9,11-12H,4-5H2,1-3H3. The van der Waals surface area contributed by atoms with Gasteiger partial charge in [-0.25, -0.2) is 4.39 Å². The van der Waals surface area contributed by atoms with Gasteiger partial charge >= 0.3 is 0 Å². The number of allylic oxidation sites excluding steroid dienone is 1. The molecule has 2 nitrogen and oxygen atoms in total. The van der Waals surface area contributed by atoms with Crippen LogP contribution in [-0.2, 0) is 9.53 Å². The number of carbonyl (C=O) groups excluding carboxylic acids is 1. The Bertz CT molecular complexity index is 316. The fourth-order valence-electron chi connectivity index (χ4n) is 3.40. The molecule has 0 aromatic rings. The molecule has 0 amide bonds. The van der Waals surface area contributed by atoms with E-state index >= 15 is 0 Å². The average Bonchev–Trinajstić information content (AvgIpc) is 2.16. The van der Waals surface area contributed by atoms with Crippen molar-refractivity contribution in [2.45, 2.75) is 39.7 Å². The molecule has 2 bridgehead atoms. The van der Waals surface area contributed by atoms with Gasteiger partial charge in [-0.15, -0.1) is 0 Å². The fraction of sp³-hybridized carbons (Fsp3) is 0.769. The molecular weight excluding hydrogens is 207 g/mol. The highest BCUT2D eigenvalue weighted by molar-refractivity contribution is 5.38. The van der Waals surface area contributed by atoms with E-state index in [4.69, 9.17) is 4.74 Å². The predicted molar refractivity (Wildman–Crippen MR) is 59.3 cm³/mol. The van der Waals surface area contributed by atoms with Gasteiger partial charge in [0.2, 0.25) is 0 Å². The van der Waals surface area contributed by atoms with Crippen molar-refractivity contribution in [3.05, 3.63) is 11.9 Å². The summed E-state index contributed by atoms with van der Waals surface area (Å²) in [4.78, 5) is 10.6. The highest BCUT2D eigenvalue weighted by Crippen LogP contribution is 2.52. The third-order valence-corrected chi connectivity index (χ3v) is 3.96. The summed E-state index contributed by atoms with van der Waals surface area (Å²) >= 11 is 0. The Hall–Kier alpha value is -0.860. The van der Waals surface area contributed by atoms with E-state index in [0.29, 0.717) is 6.47 Å². The van der Waals surface area contributed by atoms with Crippen LogP contribution in [0.5, 0.6) is 0 Å². The van der Waals surface area contributed by atoms with Crippen molar-refractivity contribution < 1.29 is 13.9 Å². The second-order valence-electron chi connectivity index (χ2n) is 5.99. The van der Waals surface area contributed by atoms with Crippen molar-refractivity contribution in [3.8, 4) is 0 Å². The van der Waals surface area contributed by atoms with Gasteiger partial charge in [0.15, 0.2) is 0 Å². The van der Waals surface area contributed by atoms with Crippen molar-refractivity contribution in [2.75, 3.05) is 0 Å². The van der Waals surface area contributed by atoms with Crippen LogP contribution in [0, 0.1) is 23.2 Å². The normalized spacial score (nSPS) is 38.1. The van der Waals surface area contributed by atoms with Gasteiger partial charge in [-0.3, -0.25) is 4.79 Å². The monoisotopic (exact) mass is 226 g/mol. The van der Waals surface area contributed by atoms with Gasteiger partial charge in [0, 0.05) is 11.8 Å². The lowest BCUT2D eigenvalue weighted by Crippen LogP contribution is -2.49. The number of hydrogen-bond acceptors (Lipinski definition) is 2. The van der Waals surface area contributed by atoms with Crippen LogP contribution in [0.3, 0.4) is 0 Å². The number of rotatable bonds is 2. The summed E-state index contributed by atoms with van der Waals surface area (Å²) < 4.78 is 18.8. The summed E-state index contributed by atoms with van der Waals surface area (Å²) in [6, 6.07) is 0. The molecule has 0 spiro atoms. The smallest absolute Gasteiger partial charge is 0.293 e.